The number of hydrogen-bond donors (Lipinski definition) is 2. The standard InChI is InChI=1S/C6H11O.C5H5N.C4H8N2O2.C4H7N2O2.Co/c7-6-4-2-1-3-5-6;1-2-4-6-5-3-1;2*1-3(5-7)4(2)6-8;/h4,6-7H,1-3,5H2;1-5H;7-8H,1-2H3;5H,1-2H3;/q-1;;;-1;/p-2/t6-;;;;/m1..../s1. The molecule has 0 amide bonds. The van der Waals surface area contributed by atoms with Crippen molar-refractivity contribution in [3.8, 4) is 0 Å². The van der Waals surface area contributed by atoms with Crippen LogP contribution < -0.4 is 5.48 Å². The number of hydroxylamine groups is 2. The molecule has 0 radical (unpaired) electrons. The maximum absolute atomic E-state index is 10.3. The number of nitrogens with one attached hydrogen (secondary N) is 1. The first-order chi connectivity index (χ1) is 14.2. The van der Waals surface area contributed by atoms with E-state index in [2.05, 4.69) is 30.8 Å². The minimum absolute atomic E-state index is 0.0891. The van der Waals surface area contributed by atoms with E-state index < -0.39 is 0 Å². The molecule has 11 heteroatoms. The Morgan fingerprint density at radius 2 is 1.63 bits per heavy atom. The van der Waals surface area contributed by atoms with Crippen molar-refractivity contribution < 1.29 is 24.4 Å². The summed E-state index contributed by atoms with van der Waals surface area (Å²) in [5.41, 5.74) is 2.41. The molecule has 1 saturated carbocycles. The molecule has 1 aliphatic rings. The van der Waals surface area contributed by atoms with E-state index in [0.29, 0.717) is 3.74 Å². The molecule has 30 heavy (non-hydrogen) atoms. The molecular weight excluding hydrogens is 437 g/mol. The van der Waals surface area contributed by atoms with Crippen molar-refractivity contribution in [2.45, 2.75) is 59.5 Å². The number of nitrogens with zero attached hydrogens (tertiary/aromatic N) is 4. The van der Waals surface area contributed by atoms with E-state index in [0.717, 1.165) is 12.8 Å². The van der Waals surface area contributed by atoms with E-state index in [1.807, 2.05) is 24.6 Å². The van der Waals surface area contributed by atoms with Crippen molar-refractivity contribution in [2.24, 2.45) is 10.3 Å². The third kappa shape index (κ3) is 17.9. The van der Waals surface area contributed by atoms with Crippen molar-refractivity contribution in [2.75, 3.05) is 0 Å². The Balaban J connectivity index is 0. The summed E-state index contributed by atoms with van der Waals surface area (Å²) in [5, 5.41) is 53.2. The van der Waals surface area contributed by atoms with Gasteiger partial charge in [0.25, 0.3) is 0 Å². The third-order valence-corrected chi connectivity index (χ3v) is 4.05. The normalized spacial score (nSPS) is 16.9. The van der Waals surface area contributed by atoms with E-state index in [1.165, 1.54) is 40.5 Å². The fraction of sp³-hybridized carbons (Fsp3) is 0.474. The number of allylic oxidation sites excluding steroid dienone is 2. The van der Waals surface area contributed by atoms with Crippen LogP contribution in [0.3, 0.4) is 0 Å². The Bertz CT molecular complexity index is 620. The summed E-state index contributed by atoms with van der Waals surface area (Å²) in [6, 6.07) is 5.72. The Kier molecular flexibility index (Phi) is 20.1. The molecule has 173 valence electrons. The average molecular weight is 466 g/mol. The van der Waals surface area contributed by atoms with Gasteiger partial charge in [-0.1, -0.05) is 31.4 Å². The summed E-state index contributed by atoms with van der Waals surface area (Å²) < 4.78 is 0.327. The number of rotatable bonds is 3. The van der Waals surface area contributed by atoms with E-state index >= 15 is 0 Å². The predicted octanol–water partition coefficient (Wildman–Crippen LogP) is 3.68. The molecule has 2 rings (SSSR count). The smallest absolute Gasteiger partial charge is 0.0267 e. The molecule has 1 aromatic heterocycles. The second-order valence-electron chi connectivity index (χ2n) is 6.00. The second-order valence-corrected chi connectivity index (χ2v) is 6.43. The summed E-state index contributed by atoms with van der Waals surface area (Å²) in [5.74, 6) is 0. The molecule has 0 aromatic carbocycles. The fourth-order valence-electron chi connectivity index (χ4n) is 1.57. The molecular formula is C19H29CoN5O5-4. The Morgan fingerprint density at radius 3 is 1.80 bits per heavy atom. The molecule has 1 aromatic rings. The summed E-state index contributed by atoms with van der Waals surface area (Å²) in [6.07, 6.45) is 9.98. The van der Waals surface area contributed by atoms with Gasteiger partial charge in [-0.15, -0.1) is 0 Å². The fourth-order valence-corrected chi connectivity index (χ4v) is 1.74. The average Bonchev–Trinajstić information content (AvgIpc) is 2.79. The zero-order valence-electron chi connectivity index (χ0n) is 17.6. The van der Waals surface area contributed by atoms with E-state index in [4.69, 9.17) is 5.11 Å². The first kappa shape index (κ1) is 30.0. The van der Waals surface area contributed by atoms with Crippen molar-refractivity contribution in [1.82, 2.24) is 10.5 Å². The van der Waals surface area contributed by atoms with Gasteiger partial charge in [-0.2, -0.15) is 6.42 Å². The minimum Gasteiger partial charge on any atom is -0.425 e. The summed E-state index contributed by atoms with van der Waals surface area (Å²) >= 11 is 3.47. The van der Waals surface area contributed by atoms with Gasteiger partial charge in [0.1, 0.15) is 0 Å². The molecule has 1 aliphatic carbocycles. The van der Waals surface area contributed by atoms with Crippen molar-refractivity contribution in [3.63, 3.8) is 0 Å². The first-order valence-electron chi connectivity index (χ1n) is 9.08. The molecule has 1 heterocycles. The number of aliphatic hydroxyl groups excluding tert-OH is 1. The molecule has 2 N–H and O–H groups in total. The van der Waals surface area contributed by atoms with Gasteiger partial charge in [0.05, 0.1) is 0 Å². The number of pyridine rings is 1. The second kappa shape index (κ2) is 20.1. The number of aliphatic hydroxyl groups is 1. The maximum atomic E-state index is 10.3. The van der Waals surface area contributed by atoms with Crippen molar-refractivity contribution in [3.05, 3.63) is 69.2 Å². The van der Waals surface area contributed by atoms with E-state index in [1.54, 1.807) is 17.9 Å². The largest absolute Gasteiger partial charge is 0.425 e. The van der Waals surface area contributed by atoms with Gasteiger partial charge in [0.15, 0.2) is 0 Å². The Labute approximate surface area is 185 Å². The maximum Gasteiger partial charge on any atom is 0.0267 e. The molecule has 0 bridgehead atoms. The zero-order valence-corrected chi connectivity index (χ0v) is 18.6. The van der Waals surface area contributed by atoms with Gasteiger partial charge in [-0.3, -0.25) is 4.98 Å². The molecule has 0 aliphatic heterocycles. The van der Waals surface area contributed by atoms with Crippen LogP contribution >= 0.6 is 0 Å². The quantitative estimate of drug-likeness (QED) is 0.389. The van der Waals surface area contributed by atoms with E-state index in [-0.39, 0.29) is 28.9 Å². The van der Waals surface area contributed by atoms with Crippen LogP contribution in [-0.4, -0.2) is 31.4 Å². The molecule has 1 atom stereocenters. The van der Waals surface area contributed by atoms with Crippen molar-refractivity contribution >= 4 is 11.4 Å². The van der Waals surface area contributed by atoms with Crippen LogP contribution in [0.4, 0.5) is 0 Å². The topological polar surface area (TPSA) is 165 Å². The Morgan fingerprint density at radius 1 is 1.10 bits per heavy atom. The third-order valence-electron chi connectivity index (χ3n) is 3.70. The van der Waals surface area contributed by atoms with Crippen molar-refractivity contribution in [1.29, 1.82) is 0 Å². The van der Waals surface area contributed by atoms with Gasteiger partial charge in [0, 0.05) is 23.8 Å². The van der Waals surface area contributed by atoms with Crippen LogP contribution in [-0.2, 0) is 15.5 Å². The van der Waals surface area contributed by atoms with Crippen LogP contribution in [0.1, 0.15) is 53.4 Å². The number of aromatic nitrogens is 1. The van der Waals surface area contributed by atoms with E-state index in [9.17, 15) is 20.8 Å². The van der Waals surface area contributed by atoms with Gasteiger partial charge in [-0.25, -0.2) is 0 Å². The van der Waals surface area contributed by atoms with Crippen LogP contribution in [0.25, 0.3) is 0 Å². The molecule has 10 nitrogen and oxygen atoms in total. The van der Waals surface area contributed by atoms with Gasteiger partial charge in [-0.05, 0) is 26.0 Å². The Hall–Kier alpha value is -2.18. The van der Waals surface area contributed by atoms with Gasteiger partial charge >= 0.3 is 60.4 Å². The van der Waals surface area contributed by atoms with Crippen LogP contribution in [0.5, 0.6) is 0 Å². The number of hydrogen-bond acceptors (Lipinski definition) is 9. The van der Waals surface area contributed by atoms with Crippen LogP contribution in [0.2, 0.25) is 0 Å². The van der Waals surface area contributed by atoms with Gasteiger partial charge in [0.2, 0.25) is 0 Å². The monoisotopic (exact) mass is 466 g/mol. The first-order valence-corrected chi connectivity index (χ1v) is 9.55. The molecule has 0 saturated heterocycles. The summed E-state index contributed by atoms with van der Waals surface area (Å²) in [7, 11) is 0. The predicted molar refractivity (Wildman–Crippen MR) is 114 cm³/mol. The molecule has 1 fully saturated rings. The zero-order chi connectivity index (χ0) is 23.4. The minimum atomic E-state index is -0.0891. The van der Waals surface area contributed by atoms with Gasteiger partial charge < -0.3 is 32.3 Å². The molecule has 0 spiro atoms. The summed E-state index contributed by atoms with van der Waals surface area (Å²) in [6.45, 7) is 5.87. The SMILES string of the molecule is CC(=N[O-])C(C)=N[O-].CC(N[O-])=C(C)[N+]([O-])=[Co].O[C@@H]1[CH-]CCCC1.c1ccncc1. The summed E-state index contributed by atoms with van der Waals surface area (Å²) in [4.78, 5) is 3.78. The van der Waals surface area contributed by atoms with Crippen LogP contribution in [0.15, 0.2) is 52.3 Å². The van der Waals surface area contributed by atoms with Crippen LogP contribution in [0, 0.1) is 27.2 Å². The molecule has 0 unspecified atom stereocenters.